The maximum Gasteiger partial charge on any atom is 0.125 e. The van der Waals surface area contributed by atoms with Crippen LogP contribution in [0, 0.1) is 24.2 Å². The van der Waals surface area contributed by atoms with Crippen LogP contribution in [0.1, 0.15) is 30.3 Å². The number of aromatic nitrogens is 2. The number of aryl methyl sites for hydroxylation is 1. The minimum absolute atomic E-state index is 0.0760. The van der Waals surface area contributed by atoms with Crippen molar-refractivity contribution in [1.82, 2.24) is 9.97 Å². The van der Waals surface area contributed by atoms with E-state index in [-0.39, 0.29) is 5.92 Å². The Morgan fingerprint density at radius 1 is 1.39 bits per heavy atom. The zero-order valence-corrected chi connectivity index (χ0v) is 11.5. The van der Waals surface area contributed by atoms with E-state index in [4.69, 9.17) is 0 Å². The first-order chi connectivity index (χ1) is 8.63. The Bertz CT molecular complexity index is 566. The maximum atomic E-state index is 9.27. The molecule has 0 aromatic carbocycles. The molecule has 1 unspecified atom stereocenters. The Kier molecular flexibility index (Phi) is 3.73. The number of pyridine rings is 1. The van der Waals surface area contributed by atoms with Crippen molar-refractivity contribution in [2.24, 2.45) is 5.92 Å². The SMILES string of the molecule is Cc1nc(-c2cccnc2)sc1C(C#N)C(C)C. The molecule has 92 valence electrons. The van der Waals surface area contributed by atoms with E-state index < -0.39 is 0 Å². The van der Waals surface area contributed by atoms with E-state index in [9.17, 15) is 5.26 Å². The van der Waals surface area contributed by atoms with Crippen LogP contribution in [0.4, 0.5) is 0 Å². The number of thiazole rings is 1. The van der Waals surface area contributed by atoms with Crippen molar-refractivity contribution in [2.45, 2.75) is 26.7 Å². The summed E-state index contributed by atoms with van der Waals surface area (Å²) < 4.78 is 0. The lowest BCUT2D eigenvalue weighted by atomic mass is 9.95. The normalized spacial score (nSPS) is 12.4. The first-order valence-corrected chi connectivity index (χ1v) is 6.72. The molecule has 0 radical (unpaired) electrons. The van der Waals surface area contributed by atoms with Gasteiger partial charge in [-0.15, -0.1) is 11.3 Å². The van der Waals surface area contributed by atoms with Crippen molar-refractivity contribution in [3.05, 3.63) is 35.1 Å². The second-order valence-corrected chi connectivity index (χ2v) is 5.59. The van der Waals surface area contributed by atoms with Crippen molar-refractivity contribution in [3.63, 3.8) is 0 Å². The monoisotopic (exact) mass is 257 g/mol. The van der Waals surface area contributed by atoms with E-state index in [1.807, 2.05) is 19.1 Å². The van der Waals surface area contributed by atoms with E-state index in [2.05, 4.69) is 29.9 Å². The molecule has 0 spiro atoms. The molecule has 0 saturated heterocycles. The molecule has 4 heteroatoms. The number of hydrogen-bond donors (Lipinski definition) is 0. The summed E-state index contributed by atoms with van der Waals surface area (Å²) in [7, 11) is 0. The summed E-state index contributed by atoms with van der Waals surface area (Å²) in [6.07, 6.45) is 3.55. The lowest BCUT2D eigenvalue weighted by molar-refractivity contribution is 0.591. The highest BCUT2D eigenvalue weighted by molar-refractivity contribution is 7.15. The van der Waals surface area contributed by atoms with Crippen LogP contribution in [0.25, 0.3) is 10.6 Å². The van der Waals surface area contributed by atoms with Gasteiger partial charge in [-0.3, -0.25) is 4.98 Å². The highest BCUT2D eigenvalue weighted by atomic mass is 32.1. The number of nitrogens with zero attached hydrogens (tertiary/aromatic N) is 3. The van der Waals surface area contributed by atoms with Gasteiger partial charge in [-0.1, -0.05) is 13.8 Å². The second kappa shape index (κ2) is 5.28. The van der Waals surface area contributed by atoms with Crippen molar-refractivity contribution >= 4 is 11.3 Å². The Morgan fingerprint density at radius 2 is 2.17 bits per heavy atom. The van der Waals surface area contributed by atoms with Gasteiger partial charge in [0, 0.05) is 22.8 Å². The number of nitriles is 1. The first-order valence-electron chi connectivity index (χ1n) is 5.90. The summed E-state index contributed by atoms with van der Waals surface area (Å²) in [5, 5.41) is 10.2. The highest BCUT2D eigenvalue weighted by Crippen LogP contribution is 2.35. The summed E-state index contributed by atoms with van der Waals surface area (Å²) in [5.41, 5.74) is 1.97. The Hall–Kier alpha value is -1.73. The summed E-state index contributed by atoms with van der Waals surface area (Å²) in [5.74, 6) is 0.226. The van der Waals surface area contributed by atoms with Gasteiger partial charge in [0.25, 0.3) is 0 Å². The van der Waals surface area contributed by atoms with E-state index in [1.165, 1.54) is 0 Å². The van der Waals surface area contributed by atoms with Gasteiger partial charge in [0.1, 0.15) is 5.01 Å². The molecule has 0 aliphatic rings. The predicted molar refractivity (Wildman–Crippen MR) is 73.3 cm³/mol. The average Bonchev–Trinajstić information content (AvgIpc) is 2.73. The lowest BCUT2D eigenvalue weighted by Gasteiger charge is -2.10. The third-order valence-corrected chi connectivity index (χ3v) is 4.12. The van der Waals surface area contributed by atoms with Crippen LogP contribution in [0.3, 0.4) is 0 Å². The molecule has 0 fully saturated rings. The van der Waals surface area contributed by atoms with Crippen LogP contribution in [0.5, 0.6) is 0 Å². The maximum absolute atomic E-state index is 9.27. The minimum Gasteiger partial charge on any atom is -0.264 e. The van der Waals surface area contributed by atoms with Crippen LogP contribution in [-0.2, 0) is 0 Å². The third kappa shape index (κ3) is 2.41. The van der Waals surface area contributed by atoms with Gasteiger partial charge in [-0.2, -0.15) is 5.26 Å². The van der Waals surface area contributed by atoms with Gasteiger partial charge in [0.2, 0.25) is 0 Å². The lowest BCUT2D eigenvalue weighted by Crippen LogP contribution is -2.03. The van der Waals surface area contributed by atoms with Crippen molar-refractivity contribution < 1.29 is 0 Å². The van der Waals surface area contributed by atoms with Gasteiger partial charge in [0.05, 0.1) is 17.7 Å². The van der Waals surface area contributed by atoms with E-state index in [1.54, 1.807) is 23.7 Å². The van der Waals surface area contributed by atoms with Crippen molar-refractivity contribution in [1.29, 1.82) is 5.26 Å². The van der Waals surface area contributed by atoms with Gasteiger partial charge in [-0.05, 0) is 25.0 Å². The molecule has 0 saturated carbocycles. The molecule has 18 heavy (non-hydrogen) atoms. The first kappa shape index (κ1) is 12.7. The molecule has 2 heterocycles. The Morgan fingerprint density at radius 3 is 2.72 bits per heavy atom. The standard InChI is InChI=1S/C14H15N3S/c1-9(2)12(7-15)13-10(3)17-14(18-13)11-5-4-6-16-8-11/h4-6,8-9,12H,1-3H3. The molecule has 2 aromatic heterocycles. The van der Waals surface area contributed by atoms with Gasteiger partial charge < -0.3 is 0 Å². The molecule has 0 amide bonds. The fourth-order valence-corrected chi connectivity index (χ4v) is 3.09. The molecule has 0 bridgehead atoms. The largest absolute Gasteiger partial charge is 0.264 e. The molecule has 0 aliphatic carbocycles. The van der Waals surface area contributed by atoms with Crippen LogP contribution in [-0.4, -0.2) is 9.97 Å². The molecule has 2 aromatic rings. The Labute approximate surface area is 111 Å². The number of rotatable bonds is 3. The molecule has 1 atom stereocenters. The van der Waals surface area contributed by atoms with Crippen LogP contribution >= 0.6 is 11.3 Å². The number of hydrogen-bond acceptors (Lipinski definition) is 4. The molecule has 3 nitrogen and oxygen atoms in total. The smallest absolute Gasteiger partial charge is 0.125 e. The zero-order chi connectivity index (χ0) is 13.1. The quantitative estimate of drug-likeness (QED) is 0.840. The third-order valence-electron chi connectivity index (χ3n) is 2.83. The van der Waals surface area contributed by atoms with Crippen molar-refractivity contribution in [3.8, 4) is 16.6 Å². The molecule has 0 N–H and O–H groups in total. The van der Waals surface area contributed by atoms with Crippen molar-refractivity contribution in [2.75, 3.05) is 0 Å². The Balaban J connectivity index is 2.42. The zero-order valence-electron chi connectivity index (χ0n) is 10.7. The molecule has 2 rings (SSSR count). The topological polar surface area (TPSA) is 49.6 Å². The predicted octanol–water partition coefficient (Wildman–Crippen LogP) is 3.78. The second-order valence-electron chi connectivity index (χ2n) is 4.56. The van der Waals surface area contributed by atoms with E-state index in [0.717, 1.165) is 21.1 Å². The van der Waals surface area contributed by atoms with Gasteiger partial charge >= 0.3 is 0 Å². The summed E-state index contributed by atoms with van der Waals surface area (Å²) in [6, 6.07) is 6.27. The minimum atomic E-state index is -0.0760. The fourth-order valence-electron chi connectivity index (χ4n) is 1.82. The summed E-state index contributed by atoms with van der Waals surface area (Å²) in [6.45, 7) is 6.10. The van der Waals surface area contributed by atoms with E-state index >= 15 is 0 Å². The summed E-state index contributed by atoms with van der Waals surface area (Å²) in [4.78, 5) is 9.74. The van der Waals surface area contributed by atoms with Crippen LogP contribution < -0.4 is 0 Å². The van der Waals surface area contributed by atoms with Gasteiger partial charge in [-0.25, -0.2) is 4.98 Å². The van der Waals surface area contributed by atoms with E-state index in [0.29, 0.717) is 5.92 Å². The van der Waals surface area contributed by atoms with Crippen LogP contribution in [0.15, 0.2) is 24.5 Å². The molecule has 0 aliphatic heterocycles. The highest BCUT2D eigenvalue weighted by Gasteiger charge is 2.21. The molecular formula is C14H15N3S. The van der Waals surface area contributed by atoms with Crippen LogP contribution in [0.2, 0.25) is 0 Å². The summed E-state index contributed by atoms with van der Waals surface area (Å²) >= 11 is 1.60. The fraction of sp³-hybridized carbons (Fsp3) is 0.357. The molecular weight excluding hydrogens is 242 g/mol. The van der Waals surface area contributed by atoms with Gasteiger partial charge in [0.15, 0.2) is 0 Å². The average molecular weight is 257 g/mol.